The van der Waals surface area contributed by atoms with Gasteiger partial charge in [0.1, 0.15) is 5.75 Å². The van der Waals surface area contributed by atoms with Crippen LogP contribution < -0.4 is 9.64 Å². The van der Waals surface area contributed by atoms with Gasteiger partial charge in [0.2, 0.25) is 5.91 Å². The molecule has 8 heteroatoms. The summed E-state index contributed by atoms with van der Waals surface area (Å²) in [4.78, 5) is 27.6. The minimum absolute atomic E-state index is 0.0175. The molecule has 1 aromatic heterocycles. The summed E-state index contributed by atoms with van der Waals surface area (Å²) in [5, 5.41) is 4.23. The number of carbonyl (C=O) groups is 2. The zero-order chi connectivity index (χ0) is 23.8. The lowest BCUT2D eigenvalue weighted by Gasteiger charge is -2.21. The van der Waals surface area contributed by atoms with Crippen molar-refractivity contribution in [3.05, 3.63) is 71.5 Å². The maximum atomic E-state index is 13.3. The van der Waals surface area contributed by atoms with Gasteiger partial charge in [-0.3, -0.25) is 19.2 Å². The Bertz CT molecular complexity index is 1200. The zero-order valence-corrected chi connectivity index (χ0v) is 18.7. The highest BCUT2D eigenvalue weighted by Crippen LogP contribution is 2.46. The number of alkyl halides is 2. The van der Waals surface area contributed by atoms with Gasteiger partial charge in [-0.2, -0.15) is 13.9 Å². The molecule has 0 fully saturated rings. The van der Waals surface area contributed by atoms with Crippen LogP contribution in [0.4, 0.5) is 20.2 Å². The molecule has 2 heterocycles. The van der Waals surface area contributed by atoms with E-state index in [4.69, 9.17) is 0 Å². The molecule has 33 heavy (non-hydrogen) atoms. The zero-order valence-electron chi connectivity index (χ0n) is 18.7. The van der Waals surface area contributed by atoms with Crippen molar-refractivity contribution in [1.29, 1.82) is 0 Å². The summed E-state index contributed by atoms with van der Waals surface area (Å²) in [7, 11) is 0. The summed E-state index contributed by atoms with van der Waals surface area (Å²) in [6.07, 6.45) is 4.62. The van der Waals surface area contributed by atoms with Crippen LogP contribution in [-0.2, 0) is 23.2 Å². The second-order valence-corrected chi connectivity index (χ2v) is 8.50. The summed E-state index contributed by atoms with van der Waals surface area (Å²) >= 11 is 0. The first-order valence-electron chi connectivity index (χ1n) is 10.8. The smallest absolute Gasteiger partial charge is 0.387 e. The Morgan fingerprint density at radius 1 is 1.18 bits per heavy atom. The quantitative estimate of drug-likeness (QED) is 0.436. The Morgan fingerprint density at radius 2 is 1.97 bits per heavy atom. The average molecular weight is 453 g/mol. The predicted octanol–water partition coefficient (Wildman–Crippen LogP) is 5.28. The summed E-state index contributed by atoms with van der Waals surface area (Å²) < 4.78 is 31.6. The molecule has 0 bridgehead atoms. The standard InChI is InChI=1S/C25H25F2N3O3/c1-4-29-15-16(14-28-29)8-11-22(31)17-9-10-21-20(12-17)25(2,3)23(32)30(21)18-6-5-7-19(13-18)33-24(26)27/h5-7,9-10,12-15,24H,4,8,11H2,1-3H3. The van der Waals surface area contributed by atoms with E-state index in [9.17, 15) is 18.4 Å². The van der Waals surface area contributed by atoms with E-state index in [1.807, 2.05) is 17.8 Å². The molecule has 0 saturated carbocycles. The normalized spacial score (nSPS) is 14.6. The molecule has 0 atom stereocenters. The first kappa shape index (κ1) is 22.6. The number of ether oxygens (including phenoxy) is 1. The van der Waals surface area contributed by atoms with Crippen LogP contribution in [0.1, 0.15) is 48.7 Å². The van der Waals surface area contributed by atoms with Gasteiger partial charge in [-0.15, -0.1) is 0 Å². The van der Waals surface area contributed by atoms with Crippen LogP contribution >= 0.6 is 0 Å². The SMILES string of the molecule is CCn1cc(CCC(=O)c2ccc3c(c2)C(C)(C)C(=O)N3c2cccc(OC(F)F)c2)cn1. The van der Waals surface area contributed by atoms with Crippen molar-refractivity contribution >= 4 is 23.1 Å². The Balaban J connectivity index is 1.60. The van der Waals surface area contributed by atoms with Crippen LogP contribution in [0.2, 0.25) is 0 Å². The third kappa shape index (κ3) is 4.37. The van der Waals surface area contributed by atoms with Gasteiger partial charge in [0.05, 0.1) is 23.0 Å². The molecule has 172 valence electrons. The minimum atomic E-state index is -2.96. The number of carbonyl (C=O) groups excluding carboxylic acids is 2. The first-order valence-corrected chi connectivity index (χ1v) is 10.8. The molecule has 0 aliphatic carbocycles. The maximum absolute atomic E-state index is 13.3. The lowest BCUT2D eigenvalue weighted by Crippen LogP contribution is -2.33. The number of ketones is 1. The molecule has 0 N–H and O–H groups in total. The molecule has 1 aliphatic rings. The van der Waals surface area contributed by atoms with E-state index in [2.05, 4.69) is 9.84 Å². The van der Waals surface area contributed by atoms with E-state index in [0.717, 1.165) is 17.7 Å². The third-order valence-corrected chi connectivity index (χ3v) is 5.92. The Hall–Kier alpha value is -3.55. The van der Waals surface area contributed by atoms with Gasteiger partial charge in [0, 0.05) is 30.8 Å². The fourth-order valence-corrected chi connectivity index (χ4v) is 4.07. The van der Waals surface area contributed by atoms with Gasteiger partial charge >= 0.3 is 6.61 Å². The number of aromatic nitrogens is 2. The highest BCUT2D eigenvalue weighted by Gasteiger charge is 2.45. The molecular weight excluding hydrogens is 428 g/mol. The van der Waals surface area contributed by atoms with E-state index >= 15 is 0 Å². The van der Waals surface area contributed by atoms with Crippen LogP contribution in [-0.4, -0.2) is 28.1 Å². The van der Waals surface area contributed by atoms with E-state index in [0.29, 0.717) is 29.8 Å². The van der Waals surface area contributed by atoms with Gasteiger partial charge in [-0.05, 0) is 68.7 Å². The number of fused-ring (bicyclic) bond motifs is 1. The van der Waals surface area contributed by atoms with Gasteiger partial charge < -0.3 is 4.74 Å². The fourth-order valence-electron chi connectivity index (χ4n) is 4.07. The number of anilines is 2. The number of amides is 1. The van der Waals surface area contributed by atoms with Crippen LogP contribution in [0, 0.1) is 0 Å². The Morgan fingerprint density at radius 3 is 2.67 bits per heavy atom. The van der Waals surface area contributed by atoms with Crippen LogP contribution in [0.5, 0.6) is 5.75 Å². The van der Waals surface area contributed by atoms with Crippen LogP contribution in [0.25, 0.3) is 0 Å². The molecule has 6 nitrogen and oxygen atoms in total. The van der Waals surface area contributed by atoms with E-state index in [-0.39, 0.29) is 17.4 Å². The number of Topliss-reactive ketones (excluding diaryl/α,β-unsaturated/α-hetero) is 1. The van der Waals surface area contributed by atoms with Crippen molar-refractivity contribution in [2.45, 2.75) is 52.2 Å². The monoisotopic (exact) mass is 453 g/mol. The molecule has 4 rings (SSSR count). The van der Waals surface area contributed by atoms with Gasteiger partial charge in [-0.25, -0.2) is 0 Å². The number of benzene rings is 2. The number of rotatable bonds is 8. The fraction of sp³-hybridized carbons (Fsp3) is 0.320. The number of hydrogen-bond acceptors (Lipinski definition) is 4. The second-order valence-electron chi connectivity index (χ2n) is 8.50. The van der Waals surface area contributed by atoms with E-state index in [1.54, 1.807) is 50.4 Å². The molecule has 0 saturated heterocycles. The Kier molecular flexibility index (Phi) is 6.01. The number of hydrogen-bond donors (Lipinski definition) is 0. The molecule has 0 unspecified atom stereocenters. The van der Waals surface area contributed by atoms with E-state index in [1.165, 1.54) is 17.0 Å². The molecule has 1 amide bonds. The van der Waals surface area contributed by atoms with Crippen molar-refractivity contribution in [3.8, 4) is 5.75 Å². The highest BCUT2D eigenvalue weighted by molar-refractivity contribution is 6.13. The van der Waals surface area contributed by atoms with Gasteiger partial charge in [-0.1, -0.05) is 6.07 Å². The molecule has 1 aliphatic heterocycles. The maximum Gasteiger partial charge on any atom is 0.387 e. The van der Waals surface area contributed by atoms with Crippen LogP contribution in [0.3, 0.4) is 0 Å². The summed E-state index contributed by atoms with van der Waals surface area (Å²) in [6, 6.07) is 11.3. The lowest BCUT2D eigenvalue weighted by molar-refractivity contribution is -0.121. The second kappa shape index (κ2) is 8.77. The molecule has 2 aromatic carbocycles. The van der Waals surface area contributed by atoms with Gasteiger partial charge in [0.15, 0.2) is 5.78 Å². The first-order chi connectivity index (χ1) is 15.7. The predicted molar refractivity (Wildman–Crippen MR) is 120 cm³/mol. The van der Waals surface area contributed by atoms with E-state index < -0.39 is 12.0 Å². The summed E-state index contributed by atoms with van der Waals surface area (Å²) in [6.45, 7) is 3.40. The van der Waals surface area contributed by atoms with Crippen LogP contribution in [0.15, 0.2) is 54.9 Å². The lowest BCUT2D eigenvalue weighted by atomic mass is 9.85. The topological polar surface area (TPSA) is 64.4 Å². The summed E-state index contributed by atoms with van der Waals surface area (Å²) in [5.74, 6) is -0.251. The number of aryl methyl sites for hydroxylation is 2. The highest BCUT2D eigenvalue weighted by atomic mass is 19.3. The largest absolute Gasteiger partial charge is 0.435 e. The van der Waals surface area contributed by atoms with Crippen molar-refractivity contribution in [2.24, 2.45) is 0 Å². The summed E-state index contributed by atoms with van der Waals surface area (Å²) in [5.41, 5.74) is 2.43. The van der Waals surface area contributed by atoms with Crippen molar-refractivity contribution in [1.82, 2.24) is 9.78 Å². The third-order valence-electron chi connectivity index (χ3n) is 5.92. The van der Waals surface area contributed by atoms with Gasteiger partial charge in [0.25, 0.3) is 0 Å². The molecular formula is C25H25F2N3O3. The van der Waals surface area contributed by atoms with Crippen molar-refractivity contribution in [2.75, 3.05) is 4.90 Å². The number of nitrogens with zero attached hydrogens (tertiary/aromatic N) is 3. The molecule has 0 radical (unpaired) electrons. The Labute approximate surface area is 190 Å². The molecule has 3 aromatic rings. The average Bonchev–Trinajstić information content (AvgIpc) is 3.32. The minimum Gasteiger partial charge on any atom is -0.435 e. The van der Waals surface area contributed by atoms with Crippen molar-refractivity contribution in [3.63, 3.8) is 0 Å². The van der Waals surface area contributed by atoms with Crippen molar-refractivity contribution < 1.29 is 23.1 Å². The molecule has 0 spiro atoms. The number of halogens is 2.